The van der Waals surface area contributed by atoms with Crippen LogP contribution in [0.4, 0.5) is 0 Å². The van der Waals surface area contributed by atoms with Crippen molar-refractivity contribution in [3.8, 4) is 11.1 Å². The van der Waals surface area contributed by atoms with Gasteiger partial charge in [-0.2, -0.15) is 0 Å². The van der Waals surface area contributed by atoms with Gasteiger partial charge in [-0.1, -0.05) is 92.7 Å². The third kappa shape index (κ3) is 1.79. The van der Waals surface area contributed by atoms with Gasteiger partial charge in [0.15, 0.2) is 0 Å². The highest BCUT2D eigenvalue weighted by Gasteiger charge is 2.37. The summed E-state index contributed by atoms with van der Waals surface area (Å²) in [5.74, 6) is 0. The molecule has 0 fully saturated rings. The Balaban J connectivity index is 1.80. The molecule has 1 heteroatoms. The predicted octanol–water partition coefficient (Wildman–Crippen LogP) is 7.93. The van der Waals surface area contributed by atoms with Crippen molar-refractivity contribution in [3.05, 3.63) is 96.1 Å². The van der Waals surface area contributed by atoms with Gasteiger partial charge in [0, 0.05) is 27.1 Å². The first-order valence-corrected chi connectivity index (χ1v) is 10.6. The second-order valence-corrected chi connectivity index (χ2v) is 9.05. The Hall–Kier alpha value is -3.58. The Morgan fingerprint density at radius 2 is 1.20 bits per heavy atom. The van der Waals surface area contributed by atoms with E-state index < -0.39 is 0 Å². The van der Waals surface area contributed by atoms with Gasteiger partial charge in [-0.25, -0.2) is 0 Å². The van der Waals surface area contributed by atoms with E-state index >= 15 is 0 Å². The molecule has 1 heterocycles. The standard InChI is InChI=1S/C29H21N/c1-29(2)23-14-8-7-11-19(23)21-15-16-24-26(27(21)29)25-20-12-5-3-9-17(20)18-10-4-6-13-22(18)28(25)30-24/h3-16,30H,1-2H3. The lowest BCUT2D eigenvalue weighted by Gasteiger charge is -2.22. The number of nitrogens with one attached hydrogen (secondary N) is 1. The fourth-order valence-corrected chi connectivity index (χ4v) is 5.90. The van der Waals surface area contributed by atoms with Crippen molar-refractivity contribution in [1.29, 1.82) is 0 Å². The van der Waals surface area contributed by atoms with Crippen LogP contribution in [0.2, 0.25) is 0 Å². The van der Waals surface area contributed by atoms with E-state index in [1.807, 2.05) is 0 Å². The molecule has 0 spiro atoms. The van der Waals surface area contributed by atoms with Crippen LogP contribution >= 0.6 is 0 Å². The Kier molecular flexibility index (Phi) is 2.88. The van der Waals surface area contributed by atoms with E-state index in [1.165, 1.54) is 65.6 Å². The number of aromatic amines is 1. The Bertz CT molecular complexity index is 1660. The molecule has 5 aromatic carbocycles. The molecule has 30 heavy (non-hydrogen) atoms. The lowest BCUT2D eigenvalue weighted by molar-refractivity contribution is 0.666. The number of rotatable bonds is 0. The highest BCUT2D eigenvalue weighted by molar-refractivity contribution is 6.32. The van der Waals surface area contributed by atoms with Crippen LogP contribution in [0.5, 0.6) is 0 Å². The molecular weight excluding hydrogens is 362 g/mol. The molecule has 0 saturated carbocycles. The van der Waals surface area contributed by atoms with Crippen molar-refractivity contribution in [1.82, 2.24) is 4.98 Å². The fraction of sp³-hybridized carbons (Fsp3) is 0.103. The number of hydrogen-bond donors (Lipinski definition) is 1. The Morgan fingerprint density at radius 3 is 2.00 bits per heavy atom. The maximum atomic E-state index is 3.81. The molecular formula is C29H21N. The maximum Gasteiger partial charge on any atom is 0.0551 e. The van der Waals surface area contributed by atoms with E-state index in [9.17, 15) is 0 Å². The zero-order chi connectivity index (χ0) is 20.0. The average molecular weight is 383 g/mol. The van der Waals surface area contributed by atoms with Gasteiger partial charge in [-0.05, 0) is 44.5 Å². The highest BCUT2D eigenvalue weighted by Crippen LogP contribution is 2.53. The quantitative estimate of drug-likeness (QED) is 0.256. The van der Waals surface area contributed by atoms with E-state index in [0.717, 1.165) is 0 Å². The van der Waals surface area contributed by atoms with Crippen molar-refractivity contribution in [3.63, 3.8) is 0 Å². The molecule has 0 bridgehead atoms. The van der Waals surface area contributed by atoms with E-state index in [4.69, 9.17) is 0 Å². The molecule has 1 nitrogen and oxygen atoms in total. The van der Waals surface area contributed by atoms with E-state index in [1.54, 1.807) is 0 Å². The van der Waals surface area contributed by atoms with Gasteiger partial charge in [-0.15, -0.1) is 0 Å². The van der Waals surface area contributed by atoms with Crippen LogP contribution < -0.4 is 0 Å². The first-order valence-electron chi connectivity index (χ1n) is 10.6. The van der Waals surface area contributed by atoms with Crippen LogP contribution in [0, 0.1) is 0 Å². The monoisotopic (exact) mass is 383 g/mol. The molecule has 0 saturated heterocycles. The van der Waals surface area contributed by atoms with Crippen LogP contribution in [0.25, 0.3) is 54.5 Å². The summed E-state index contributed by atoms with van der Waals surface area (Å²) in [6.45, 7) is 4.75. The number of hydrogen-bond acceptors (Lipinski definition) is 0. The Labute approximate surface area is 175 Å². The third-order valence-corrected chi connectivity index (χ3v) is 7.16. The molecule has 7 rings (SSSR count). The largest absolute Gasteiger partial charge is 0.354 e. The van der Waals surface area contributed by atoms with Gasteiger partial charge in [0.05, 0.1) is 5.52 Å². The fourth-order valence-electron chi connectivity index (χ4n) is 5.90. The van der Waals surface area contributed by atoms with Gasteiger partial charge in [0.2, 0.25) is 0 Å². The third-order valence-electron chi connectivity index (χ3n) is 7.16. The number of benzene rings is 5. The highest BCUT2D eigenvalue weighted by atomic mass is 14.7. The molecule has 142 valence electrons. The van der Waals surface area contributed by atoms with Gasteiger partial charge < -0.3 is 4.98 Å². The molecule has 0 atom stereocenters. The summed E-state index contributed by atoms with van der Waals surface area (Å²) in [4.78, 5) is 3.81. The average Bonchev–Trinajstić information content (AvgIpc) is 3.28. The minimum absolute atomic E-state index is 0.0344. The minimum atomic E-state index is -0.0344. The van der Waals surface area contributed by atoms with Crippen LogP contribution in [0.15, 0.2) is 84.9 Å². The van der Waals surface area contributed by atoms with Crippen molar-refractivity contribution in [2.75, 3.05) is 0 Å². The van der Waals surface area contributed by atoms with Crippen LogP contribution in [0.1, 0.15) is 25.0 Å². The SMILES string of the molecule is CC1(C)c2ccccc2-c2ccc3[nH]c4c5ccccc5c5ccccc5c4c3c21. The van der Waals surface area contributed by atoms with E-state index in [-0.39, 0.29) is 5.41 Å². The first kappa shape index (κ1) is 16.2. The van der Waals surface area contributed by atoms with Crippen LogP contribution in [-0.2, 0) is 5.41 Å². The molecule has 1 aliphatic carbocycles. The van der Waals surface area contributed by atoms with Crippen molar-refractivity contribution in [2.24, 2.45) is 0 Å². The van der Waals surface area contributed by atoms with Crippen LogP contribution in [0.3, 0.4) is 0 Å². The summed E-state index contributed by atoms with van der Waals surface area (Å²) in [5.41, 5.74) is 8.07. The summed E-state index contributed by atoms with van der Waals surface area (Å²) in [6, 6.07) is 31.1. The second-order valence-electron chi connectivity index (χ2n) is 9.05. The van der Waals surface area contributed by atoms with Crippen molar-refractivity contribution in [2.45, 2.75) is 19.3 Å². The lowest BCUT2D eigenvalue weighted by Crippen LogP contribution is -2.15. The Morgan fingerprint density at radius 1 is 0.567 bits per heavy atom. The van der Waals surface area contributed by atoms with E-state index in [0.29, 0.717) is 0 Å². The molecule has 0 amide bonds. The second kappa shape index (κ2) is 5.31. The molecule has 1 aromatic heterocycles. The summed E-state index contributed by atoms with van der Waals surface area (Å²) in [5, 5.41) is 8.00. The number of fused-ring (bicyclic) bond motifs is 12. The normalized spacial score (nSPS) is 14.6. The molecule has 1 aliphatic rings. The number of aromatic nitrogens is 1. The molecule has 0 aliphatic heterocycles. The van der Waals surface area contributed by atoms with Gasteiger partial charge in [0.25, 0.3) is 0 Å². The van der Waals surface area contributed by atoms with Crippen LogP contribution in [-0.4, -0.2) is 4.98 Å². The first-order chi connectivity index (χ1) is 14.7. The van der Waals surface area contributed by atoms with Crippen molar-refractivity contribution >= 4 is 43.4 Å². The molecule has 0 radical (unpaired) electrons. The summed E-state index contributed by atoms with van der Waals surface area (Å²) < 4.78 is 0. The van der Waals surface area contributed by atoms with Gasteiger partial charge in [-0.3, -0.25) is 0 Å². The zero-order valence-electron chi connectivity index (χ0n) is 17.1. The maximum absolute atomic E-state index is 3.81. The summed E-state index contributed by atoms with van der Waals surface area (Å²) in [6.07, 6.45) is 0. The molecule has 6 aromatic rings. The van der Waals surface area contributed by atoms with Gasteiger partial charge >= 0.3 is 0 Å². The smallest absolute Gasteiger partial charge is 0.0551 e. The zero-order valence-corrected chi connectivity index (χ0v) is 17.1. The lowest BCUT2D eigenvalue weighted by atomic mass is 9.80. The summed E-state index contributed by atoms with van der Waals surface area (Å²) in [7, 11) is 0. The van der Waals surface area contributed by atoms with Gasteiger partial charge in [0.1, 0.15) is 0 Å². The summed E-state index contributed by atoms with van der Waals surface area (Å²) >= 11 is 0. The molecule has 0 unspecified atom stereocenters. The van der Waals surface area contributed by atoms with Crippen molar-refractivity contribution < 1.29 is 0 Å². The minimum Gasteiger partial charge on any atom is -0.354 e. The topological polar surface area (TPSA) is 15.8 Å². The van der Waals surface area contributed by atoms with E-state index in [2.05, 4.69) is 104 Å². The number of H-pyrrole nitrogens is 1. The predicted molar refractivity (Wildman–Crippen MR) is 128 cm³/mol. The molecule has 1 N–H and O–H groups in total.